The lowest BCUT2D eigenvalue weighted by Gasteiger charge is -1.98. The number of carbonyl (C=O) groups is 1. The topological polar surface area (TPSA) is 70.7 Å². The molecule has 1 heterocycles. The standard InChI is InChI=1S/C23H12F2O3.CH4O/c24-17-8-14(9-18(25)11-17)6-7-19-20-10-16(13-26)21(27)12-22(20)28-23(19)15-4-2-1-3-5-15;1-2/h1-5,8-13,27H;2H,1H3. The van der Waals surface area contributed by atoms with E-state index in [4.69, 9.17) is 9.52 Å². The van der Waals surface area contributed by atoms with Gasteiger partial charge in [0.1, 0.15) is 23.0 Å². The first-order chi connectivity index (χ1) is 14.5. The van der Waals surface area contributed by atoms with Gasteiger partial charge in [-0.25, -0.2) is 8.78 Å². The molecule has 0 saturated heterocycles. The van der Waals surface area contributed by atoms with Crippen LogP contribution in [0.1, 0.15) is 21.5 Å². The Morgan fingerprint density at radius 3 is 2.23 bits per heavy atom. The van der Waals surface area contributed by atoms with E-state index in [-0.39, 0.29) is 16.9 Å². The smallest absolute Gasteiger partial charge is 0.153 e. The first-order valence-electron chi connectivity index (χ1n) is 8.78. The second kappa shape index (κ2) is 9.03. The fourth-order valence-corrected chi connectivity index (χ4v) is 2.92. The largest absolute Gasteiger partial charge is 0.507 e. The Balaban J connectivity index is 0.00000124. The van der Waals surface area contributed by atoms with E-state index in [0.717, 1.165) is 30.9 Å². The van der Waals surface area contributed by atoms with Crippen molar-refractivity contribution < 1.29 is 28.2 Å². The molecule has 0 amide bonds. The Morgan fingerprint density at radius 2 is 1.60 bits per heavy atom. The fraction of sp³-hybridized carbons (Fsp3) is 0.0417. The van der Waals surface area contributed by atoms with Crippen LogP contribution in [0.4, 0.5) is 8.78 Å². The Hall–Kier alpha value is -3.95. The third-order valence-corrected chi connectivity index (χ3v) is 4.19. The predicted octanol–water partition coefficient (Wildman–Crippen LogP) is 4.90. The SMILES string of the molecule is CO.O=Cc1cc2c(C#Cc3cc(F)cc(F)c3)c(-c3ccccc3)oc2cc1O. The lowest BCUT2D eigenvalue weighted by Crippen LogP contribution is -1.85. The van der Waals surface area contributed by atoms with Gasteiger partial charge < -0.3 is 14.6 Å². The number of hydrogen-bond acceptors (Lipinski definition) is 4. The minimum absolute atomic E-state index is 0.0905. The van der Waals surface area contributed by atoms with Crippen LogP contribution >= 0.6 is 0 Å². The highest BCUT2D eigenvalue weighted by Crippen LogP contribution is 2.36. The van der Waals surface area contributed by atoms with Gasteiger partial charge in [-0.3, -0.25) is 4.79 Å². The van der Waals surface area contributed by atoms with Gasteiger partial charge in [-0.15, -0.1) is 0 Å². The van der Waals surface area contributed by atoms with E-state index in [2.05, 4.69) is 11.8 Å². The van der Waals surface area contributed by atoms with Crippen molar-refractivity contribution in [2.45, 2.75) is 0 Å². The number of phenols is 1. The van der Waals surface area contributed by atoms with Gasteiger partial charge in [0.15, 0.2) is 12.0 Å². The average molecular weight is 406 g/mol. The Labute approximate surface area is 171 Å². The zero-order valence-corrected chi connectivity index (χ0v) is 15.8. The van der Waals surface area contributed by atoms with Crippen molar-refractivity contribution in [1.29, 1.82) is 0 Å². The van der Waals surface area contributed by atoms with Crippen molar-refractivity contribution in [2.75, 3.05) is 7.11 Å². The van der Waals surface area contributed by atoms with Gasteiger partial charge in [0, 0.05) is 35.8 Å². The molecular formula is C24H16F2O4. The highest BCUT2D eigenvalue weighted by Gasteiger charge is 2.17. The second-order valence-electron chi connectivity index (χ2n) is 6.11. The molecule has 0 fully saturated rings. The van der Waals surface area contributed by atoms with Crippen LogP contribution in [0.5, 0.6) is 5.75 Å². The van der Waals surface area contributed by atoms with Crippen LogP contribution in [-0.2, 0) is 0 Å². The van der Waals surface area contributed by atoms with Crippen LogP contribution in [0.15, 0.2) is 65.1 Å². The van der Waals surface area contributed by atoms with Gasteiger partial charge >= 0.3 is 0 Å². The minimum atomic E-state index is -0.724. The normalized spacial score (nSPS) is 10.0. The minimum Gasteiger partial charge on any atom is -0.507 e. The fourth-order valence-electron chi connectivity index (χ4n) is 2.92. The first kappa shape index (κ1) is 20.8. The number of furan rings is 1. The number of benzene rings is 3. The monoisotopic (exact) mass is 406 g/mol. The van der Waals surface area contributed by atoms with Crippen LogP contribution in [-0.4, -0.2) is 23.6 Å². The molecule has 2 N–H and O–H groups in total. The molecule has 4 rings (SSSR count). The third-order valence-electron chi connectivity index (χ3n) is 4.19. The lowest BCUT2D eigenvalue weighted by atomic mass is 10.0. The highest BCUT2D eigenvalue weighted by molar-refractivity contribution is 5.96. The van der Waals surface area contributed by atoms with Crippen LogP contribution < -0.4 is 0 Å². The van der Waals surface area contributed by atoms with E-state index < -0.39 is 11.6 Å². The van der Waals surface area contributed by atoms with Crippen molar-refractivity contribution >= 4 is 17.3 Å². The van der Waals surface area contributed by atoms with Gasteiger partial charge in [0.2, 0.25) is 0 Å². The van der Waals surface area contributed by atoms with Crippen molar-refractivity contribution in [3.8, 4) is 28.9 Å². The van der Waals surface area contributed by atoms with Gasteiger partial charge in [0.25, 0.3) is 0 Å². The summed E-state index contributed by atoms with van der Waals surface area (Å²) in [5.41, 5.74) is 1.79. The quantitative estimate of drug-likeness (QED) is 0.367. The number of aliphatic hydroxyl groups excluding tert-OH is 1. The number of rotatable bonds is 2. The summed E-state index contributed by atoms with van der Waals surface area (Å²) in [7, 11) is 1.00. The molecule has 0 atom stereocenters. The van der Waals surface area contributed by atoms with Crippen molar-refractivity contribution in [1.82, 2.24) is 0 Å². The Bertz CT molecular complexity index is 1250. The van der Waals surface area contributed by atoms with E-state index >= 15 is 0 Å². The molecule has 0 aliphatic rings. The number of phenolic OH excluding ortho intramolecular Hbond substituents is 1. The highest BCUT2D eigenvalue weighted by atomic mass is 19.1. The maximum atomic E-state index is 13.4. The third kappa shape index (κ3) is 4.22. The molecule has 4 aromatic rings. The summed E-state index contributed by atoms with van der Waals surface area (Å²) in [6.07, 6.45) is 0.531. The van der Waals surface area contributed by atoms with E-state index in [1.165, 1.54) is 12.1 Å². The van der Waals surface area contributed by atoms with Gasteiger partial charge in [-0.2, -0.15) is 0 Å². The zero-order chi connectivity index (χ0) is 21.7. The summed E-state index contributed by atoms with van der Waals surface area (Å²) >= 11 is 0. The molecule has 3 aromatic carbocycles. The van der Waals surface area contributed by atoms with E-state index in [1.807, 2.05) is 30.3 Å². The maximum absolute atomic E-state index is 13.4. The number of carbonyl (C=O) groups excluding carboxylic acids is 1. The number of fused-ring (bicyclic) bond motifs is 1. The van der Waals surface area contributed by atoms with Gasteiger partial charge in [-0.1, -0.05) is 42.2 Å². The summed E-state index contributed by atoms with van der Waals surface area (Å²) in [5, 5.41) is 17.5. The summed E-state index contributed by atoms with van der Waals surface area (Å²) < 4.78 is 32.8. The zero-order valence-electron chi connectivity index (χ0n) is 15.8. The molecule has 1 aromatic heterocycles. The van der Waals surface area contributed by atoms with E-state index in [0.29, 0.717) is 28.6 Å². The summed E-state index contributed by atoms with van der Waals surface area (Å²) in [6, 6.07) is 15.0. The van der Waals surface area contributed by atoms with Crippen LogP contribution in [0.2, 0.25) is 0 Å². The molecule has 150 valence electrons. The summed E-state index contributed by atoms with van der Waals surface area (Å²) in [4.78, 5) is 11.2. The van der Waals surface area contributed by atoms with Crippen molar-refractivity contribution in [3.05, 3.63) is 89.0 Å². The first-order valence-corrected chi connectivity index (χ1v) is 8.78. The molecule has 0 saturated carbocycles. The molecule has 0 bridgehead atoms. The summed E-state index contributed by atoms with van der Waals surface area (Å²) in [5.74, 6) is 4.42. The Kier molecular flexibility index (Phi) is 6.26. The molecule has 0 spiro atoms. The summed E-state index contributed by atoms with van der Waals surface area (Å²) in [6.45, 7) is 0. The van der Waals surface area contributed by atoms with Crippen molar-refractivity contribution in [2.24, 2.45) is 0 Å². The molecule has 0 radical (unpaired) electrons. The Morgan fingerprint density at radius 1 is 0.933 bits per heavy atom. The number of halogens is 2. The maximum Gasteiger partial charge on any atom is 0.153 e. The number of aliphatic hydroxyl groups is 1. The van der Waals surface area contributed by atoms with Crippen LogP contribution in [0.3, 0.4) is 0 Å². The number of aldehydes is 1. The molecule has 30 heavy (non-hydrogen) atoms. The molecule has 0 aliphatic heterocycles. The molecule has 0 unspecified atom stereocenters. The van der Waals surface area contributed by atoms with Crippen LogP contribution in [0, 0.1) is 23.5 Å². The lowest BCUT2D eigenvalue weighted by molar-refractivity contribution is 0.112. The van der Waals surface area contributed by atoms with E-state index in [1.54, 1.807) is 0 Å². The van der Waals surface area contributed by atoms with Gasteiger partial charge in [-0.05, 0) is 18.2 Å². The van der Waals surface area contributed by atoms with Crippen LogP contribution in [0.25, 0.3) is 22.3 Å². The van der Waals surface area contributed by atoms with Crippen molar-refractivity contribution in [3.63, 3.8) is 0 Å². The number of hydrogen-bond donors (Lipinski definition) is 2. The number of aromatic hydroxyl groups is 1. The predicted molar refractivity (Wildman–Crippen MR) is 109 cm³/mol. The molecule has 6 heteroatoms. The molecule has 0 aliphatic carbocycles. The average Bonchev–Trinajstić information content (AvgIpc) is 3.10. The second-order valence-corrected chi connectivity index (χ2v) is 6.11. The van der Waals surface area contributed by atoms with Gasteiger partial charge in [0.05, 0.1) is 11.1 Å². The van der Waals surface area contributed by atoms with E-state index in [9.17, 15) is 18.7 Å². The molecule has 4 nitrogen and oxygen atoms in total. The molecular weight excluding hydrogens is 390 g/mol.